The maximum atomic E-state index is 11.8. The zero-order valence-electron chi connectivity index (χ0n) is 11.5. The Kier molecular flexibility index (Phi) is 4.12. The van der Waals surface area contributed by atoms with Crippen molar-refractivity contribution in [2.75, 3.05) is 0 Å². The molecule has 2 unspecified atom stereocenters. The van der Waals surface area contributed by atoms with Gasteiger partial charge in [-0.3, -0.25) is 4.79 Å². The minimum absolute atomic E-state index is 0.0872. The van der Waals surface area contributed by atoms with Crippen LogP contribution in [-0.4, -0.2) is 11.9 Å². The standard InChI is InChI=1S/C15H19Cl2NO/c1-9(2)6-13-15(3,8-14(19)18-13)11-7-10(16)4-5-12(11)17/h4-5,7,9,13H,6,8H2,1-3H3,(H,18,19). The first-order valence-corrected chi connectivity index (χ1v) is 7.33. The van der Waals surface area contributed by atoms with Gasteiger partial charge in [0.25, 0.3) is 0 Å². The molecule has 1 N–H and O–H groups in total. The number of carbonyl (C=O) groups excluding carboxylic acids is 1. The van der Waals surface area contributed by atoms with Crippen LogP contribution in [0, 0.1) is 5.92 Å². The van der Waals surface area contributed by atoms with Gasteiger partial charge in [0.15, 0.2) is 0 Å². The normalized spacial score (nSPS) is 26.8. The number of hydrogen-bond donors (Lipinski definition) is 1. The largest absolute Gasteiger partial charge is 0.352 e. The number of carbonyl (C=O) groups is 1. The van der Waals surface area contributed by atoms with Crippen LogP contribution in [0.2, 0.25) is 10.0 Å². The minimum Gasteiger partial charge on any atom is -0.352 e. The van der Waals surface area contributed by atoms with Crippen molar-refractivity contribution in [2.45, 2.75) is 45.1 Å². The first-order valence-electron chi connectivity index (χ1n) is 6.58. The van der Waals surface area contributed by atoms with Crippen molar-refractivity contribution in [3.05, 3.63) is 33.8 Å². The number of nitrogens with one attached hydrogen (secondary N) is 1. The fourth-order valence-electron chi connectivity index (χ4n) is 2.87. The molecule has 0 aromatic heterocycles. The molecule has 1 heterocycles. The number of halogens is 2. The molecule has 4 heteroatoms. The van der Waals surface area contributed by atoms with Gasteiger partial charge in [0.2, 0.25) is 5.91 Å². The lowest BCUT2D eigenvalue weighted by Gasteiger charge is -2.32. The lowest BCUT2D eigenvalue weighted by molar-refractivity contribution is -0.119. The summed E-state index contributed by atoms with van der Waals surface area (Å²) in [5, 5.41) is 4.41. The van der Waals surface area contributed by atoms with Crippen LogP contribution in [-0.2, 0) is 10.2 Å². The summed E-state index contributed by atoms with van der Waals surface area (Å²) in [6.45, 7) is 6.41. The van der Waals surface area contributed by atoms with Crippen LogP contribution in [0.15, 0.2) is 18.2 Å². The molecule has 19 heavy (non-hydrogen) atoms. The van der Waals surface area contributed by atoms with Crippen molar-refractivity contribution < 1.29 is 4.79 Å². The molecule has 0 saturated carbocycles. The van der Waals surface area contributed by atoms with Crippen LogP contribution in [0.3, 0.4) is 0 Å². The molecule has 2 atom stereocenters. The van der Waals surface area contributed by atoms with Gasteiger partial charge >= 0.3 is 0 Å². The van der Waals surface area contributed by atoms with Crippen LogP contribution < -0.4 is 5.32 Å². The van der Waals surface area contributed by atoms with Crippen LogP contribution in [0.5, 0.6) is 0 Å². The predicted molar refractivity (Wildman–Crippen MR) is 79.8 cm³/mol. The van der Waals surface area contributed by atoms with Gasteiger partial charge in [-0.1, -0.05) is 44.0 Å². The SMILES string of the molecule is CC(C)CC1NC(=O)CC1(C)c1cc(Cl)ccc1Cl. The van der Waals surface area contributed by atoms with Crippen LogP contribution in [0.25, 0.3) is 0 Å². The van der Waals surface area contributed by atoms with E-state index >= 15 is 0 Å². The Labute approximate surface area is 124 Å². The van der Waals surface area contributed by atoms with Crippen LogP contribution in [0.4, 0.5) is 0 Å². The molecule has 2 rings (SSSR count). The van der Waals surface area contributed by atoms with E-state index in [0.29, 0.717) is 22.4 Å². The van der Waals surface area contributed by atoms with E-state index in [1.807, 2.05) is 6.07 Å². The van der Waals surface area contributed by atoms with E-state index < -0.39 is 0 Å². The molecule has 1 saturated heterocycles. The van der Waals surface area contributed by atoms with Crippen LogP contribution >= 0.6 is 23.2 Å². The van der Waals surface area contributed by atoms with Gasteiger partial charge in [-0.05, 0) is 36.1 Å². The summed E-state index contributed by atoms with van der Waals surface area (Å²) in [4.78, 5) is 11.8. The summed E-state index contributed by atoms with van der Waals surface area (Å²) >= 11 is 12.4. The molecule has 1 aliphatic rings. The van der Waals surface area contributed by atoms with Crippen molar-refractivity contribution in [2.24, 2.45) is 5.92 Å². The zero-order valence-corrected chi connectivity index (χ0v) is 13.0. The highest BCUT2D eigenvalue weighted by Crippen LogP contribution is 2.42. The van der Waals surface area contributed by atoms with E-state index in [-0.39, 0.29) is 17.4 Å². The lowest BCUT2D eigenvalue weighted by atomic mass is 9.73. The summed E-state index contributed by atoms with van der Waals surface area (Å²) in [7, 11) is 0. The summed E-state index contributed by atoms with van der Waals surface area (Å²) < 4.78 is 0. The maximum Gasteiger partial charge on any atom is 0.221 e. The monoisotopic (exact) mass is 299 g/mol. The Hall–Kier alpha value is -0.730. The minimum atomic E-state index is -0.288. The lowest BCUT2D eigenvalue weighted by Crippen LogP contribution is -2.39. The number of benzene rings is 1. The fourth-order valence-corrected chi connectivity index (χ4v) is 3.38. The highest BCUT2D eigenvalue weighted by Gasteiger charge is 2.45. The van der Waals surface area contributed by atoms with Crippen molar-refractivity contribution in [1.29, 1.82) is 0 Å². The molecule has 0 bridgehead atoms. The molecule has 1 amide bonds. The van der Waals surface area contributed by atoms with Gasteiger partial charge in [-0.2, -0.15) is 0 Å². The molecule has 0 radical (unpaired) electrons. The van der Waals surface area contributed by atoms with Crippen molar-refractivity contribution in [3.8, 4) is 0 Å². The molecule has 1 aromatic rings. The van der Waals surface area contributed by atoms with Crippen molar-refractivity contribution in [1.82, 2.24) is 5.32 Å². The van der Waals surface area contributed by atoms with Crippen molar-refractivity contribution in [3.63, 3.8) is 0 Å². The summed E-state index contributed by atoms with van der Waals surface area (Å²) in [5.41, 5.74) is 0.675. The van der Waals surface area contributed by atoms with Crippen molar-refractivity contribution >= 4 is 29.1 Å². The smallest absolute Gasteiger partial charge is 0.221 e. The second kappa shape index (κ2) is 5.34. The van der Waals surface area contributed by atoms with Gasteiger partial charge in [0.05, 0.1) is 0 Å². The molecule has 1 aliphatic heterocycles. The Balaban J connectivity index is 2.43. The number of amides is 1. The highest BCUT2D eigenvalue weighted by atomic mass is 35.5. The molecule has 2 nitrogen and oxygen atoms in total. The molecular formula is C15H19Cl2NO. The van der Waals surface area contributed by atoms with Gasteiger partial charge in [0, 0.05) is 27.9 Å². The predicted octanol–water partition coefficient (Wildman–Crippen LogP) is 4.19. The maximum absolute atomic E-state index is 11.8. The second-order valence-electron chi connectivity index (χ2n) is 5.97. The summed E-state index contributed by atoms with van der Waals surface area (Å²) in [6, 6.07) is 5.58. The topological polar surface area (TPSA) is 29.1 Å². The Morgan fingerprint density at radius 3 is 2.74 bits per heavy atom. The third-order valence-electron chi connectivity index (χ3n) is 3.88. The summed E-state index contributed by atoms with van der Waals surface area (Å²) in [6.07, 6.45) is 1.40. The molecule has 0 aliphatic carbocycles. The Morgan fingerprint density at radius 1 is 1.42 bits per heavy atom. The molecule has 104 valence electrons. The zero-order chi connectivity index (χ0) is 14.2. The van der Waals surface area contributed by atoms with E-state index in [2.05, 4.69) is 26.1 Å². The quantitative estimate of drug-likeness (QED) is 0.891. The van der Waals surface area contributed by atoms with E-state index in [0.717, 1.165) is 12.0 Å². The first kappa shape index (κ1) is 14.7. The highest BCUT2D eigenvalue weighted by molar-refractivity contribution is 6.33. The third-order valence-corrected chi connectivity index (χ3v) is 4.45. The third kappa shape index (κ3) is 2.90. The average Bonchev–Trinajstić information content (AvgIpc) is 2.57. The second-order valence-corrected chi connectivity index (χ2v) is 6.81. The van der Waals surface area contributed by atoms with Gasteiger partial charge < -0.3 is 5.32 Å². The van der Waals surface area contributed by atoms with E-state index in [9.17, 15) is 4.79 Å². The van der Waals surface area contributed by atoms with E-state index in [1.54, 1.807) is 12.1 Å². The molecule has 1 fully saturated rings. The number of hydrogen-bond acceptors (Lipinski definition) is 1. The average molecular weight is 300 g/mol. The molecule has 0 spiro atoms. The molecular weight excluding hydrogens is 281 g/mol. The summed E-state index contributed by atoms with van der Waals surface area (Å²) in [5.74, 6) is 0.602. The van der Waals surface area contributed by atoms with E-state index in [1.165, 1.54) is 0 Å². The first-order chi connectivity index (χ1) is 8.83. The van der Waals surface area contributed by atoms with Crippen LogP contribution in [0.1, 0.15) is 39.2 Å². The Morgan fingerprint density at radius 2 is 2.11 bits per heavy atom. The fraction of sp³-hybridized carbons (Fsp3) is 0.533. The van der Waals surface area contributed by atoms with Gasteiger partial charge in [0.1, 0.15) is 0 Å². The molecule has 1 aromatic carbocycles. The number of rotatable bonds is 3. The van der Waals surface area contributed by atoms with Gasteiger partial charge in [-0.25, -0.2) is 0 Å². The van der Waals surface area contributed by atoms with Gasteiger partial charge in [-0.15, -0.1) is 0 Å². The van der Waals surface area contributed by atoms with E-state index in [4.69, 9.17) is 23.2 Å². The Bertz CT molecular complexity index is 501.